The van der Waals surface area contributed by atoms with Gasteiger partial charge in [-0.05, 0) is 20.8 Å². The second-order valence-electron chi connectivity index (χ2n) is 4.72. The fourth-order valence-electron chi connectivity index (χ4n) is 1.12. The summed E-state index contributed by atoms with van der Waals surface area (Å²) < 4.78 is 41.2. The minimum absolute atomic E-state index is 0.941. The number of carboxylic acids is 1. The number of carboxylic acid groups (broad SMARTS) is 1. The van der Waals surface area contributed by atoms with Crippen LogP contribution in [-0.2, 0) is 14.3 Å². The van der Waals surface area contributed by atoms with Crippen LogP contribution in [-0.4, -0.2) is 40.0 Å². The second-order valence-corrected chi connectivity index (χ2v) is 4.72. The second kappa shape index (κ2) is 5.55. The average molecular weight is 272 g/mol. The number of aliphatic carboxylic acids is 1. The fraction of sp³-hybridized carbons (Fsp3) is 0.800. The molecular formula is C10H15F3O5. The number of hydrogen-bond donors (Lipinski definition) is 2. The zero-order valence-electron chi connectivity index (χ0n) is 10.1. The van der Waals surface area contributed by atoms with Gasteiger partial charge in [0, 0.05) is 0 Å². The Balaban J connectivity index is 4.76. The van der Waals surface area contributed by atoms with Crippen LogP contribution in [0.4, 0.5) is 13.2 Å². The number of esters is 1. The molecule has 0 unspecified atom stereocenters. The van der Waals surface area contributed by atoms with Crippen molar-refractivity contribution < 1.29 is 37.7 Å². The predicted molar refractivity (Wildman–Crippen MR) is 53.6 cm³/mol. The highest BCUT2D eigenvalue weighted by atomic mass is 19.4. The lowest BCUT2D eigenvalue weighted by Gasteiger charge is -2.23. The minimum Gasteiger partial charge on any atom is -0.481 e. The van der Waals surface area contributed by atoms with Crippen LogP contribution in [0.5, 0.6) is 0 Å². The van der Waals surface area contributed by atoms with Gasteiger partial charge in [0.15, 0.2) is 6.10 Å². The summed E-state index contributed by atoms with van der Waals surface area (Å²) in [4.78, 5) is 21.9. The summed E-state index contributed by atoms with van der Waals surface area (Å²) in [6.45, 7) is 4.46. The van der Waals surface area contributed by atoms with E-state index in [1.165, 1.54) is 20.8 Å². The summed E-state index contributed by atoms with van der Waals surface area (Å²) in [5.74, 6) is -5.30. The lowest BCUT2D eigenvalue weighted by atomic mass is 9.98. The molecule has 0 aliphatic rings. The van der Waals surface area contributed by atoms with Gasteiger partial charge < -0.3 is 14.9 Å². The number of rotatable bonds is 4. The van der Waals surface area contributed by atoms with E-state index in [4.69, 9.17) is 14.9 Å². The molecule has 5 nitrogen and oxygen atoms in total. The largest absolute Gasteiger partial charge is 0.481 e. The number of alkyl halides is 3. The Bertz CT molecular complexity index is 318. The van der Waals surface area contributed by atoms with Gasteiger partial charge in [-0.1, -0.05) is 0 Å². The lowest BCUT2D eigenvalue weighted by Crippen LogP contribution is -2.41. The van der Waals surface area contributed by atoms with Crippen LogP contribution in [0.3, 0.4) is 0 Å². The first-order valence-electron chi connectivity index (χ1n) is 5.04. The van der Waals surface area contributed by atoms with Crippen molar-refractivity contribution >= 4 is 11.9 Å². The highest BCUT2D eigenvalue weighted by Crippen LogP contribution is 2.28. The highest BCUT2D eigenvalue weighted by molar-refractivity contribution is 5.79. The molecule has 0 saturated heterocycles. The molecule has 0 fully saturated rings. The molecule has 8 heteroatoms. The Morgan fingerprint density at radius 1 is 1.22 bits per heavy atom. The molecule has 0 heterocycles. The number of carbonyl (C=O) groups is 2. The molecule has 0 aliphatic carbocycles. The quantitative estimate of drug-likeness (QED) is 0.754. The zero-order valence-corrected chi connectivity index (χ0v) is 10.1. The highest BCUT2D eigenvalue weighted by Gasteiger charge is 2.47. The third-order valence-corrected chi connectivity index (χ3v) is 1.84. The Labute approximate surface area is 102 Å². The lowest BCUT2D eigenvalue weighted by molar-refractivity contribution is -0.224. The van der Waals surface area contributed by atoms with Gasteiger partial charge in [0.25, 0.3) is 0 Å². The number of aliphatic hydroxyl groups is 1. The van der Waals surface area contributed by atoms with Crippen molar-refractivity contribution in [3.8, 4) is 0 Å². The smallest absolute Gasteiger partial charge is 0.415 e. The van der Waals surface area contributed by atoms with E-state index in [9.17, 15) is 22.8 Å². The molecule has 18 heavy (non-hydrogen) atoms. The predicted octanol–water partition coefficient (Wildman–Crippen LogP) is 1.34. The molecule has 0 bridgehead atoms. The SMILES string of the molecule is CC(C)(C)OC(=O)C[C@H](C(=O)O)[C@H](O)C(F)(F)F. The molecule has 2 atom stereocenters. The van der Waals surface area contributed by atoms with Crippen LogP contribution >= 0.6 is 0 Å². The third kappa shape index (κ3) is 5.85. The van der Waals surface area contributed by atoms with Crippen LogP contribution in [0, 0.1) is 5.92 Å². The normalized spacial score (nSPS) is 15.9. The minimum atomic E-state index is -5.11. The summed E-state index contributed by atoms with van der Waals surface area (Å²) in [5.41, 5.74) is -0.941. The van der Waals surface area contributed by atoms with Crippen molar-refractivity contribution in [2.24, 2.45) is 5.92 Å². The molecule has 106 valence electrons. The van der Waals surface area contributed by atoms with Gasteiger partial charge in [-0.2, -0.15) is 13.2 Å². The van der Waals surface area contributed by atoms with Gasteiger partial charge in [-0.15, -0.1) is 0 Å². The van der Waals surface area contributed by atoms with Crippen molar-refractivity contribution in [3.05, 3.63) is 0 Å². The van der Waals surface area contributed by atoms with E-state index in [0.717, 1.165) is 0 Å². The molecule has 0 rings (SSSR count). The van der Waals surface area contributed by atoms with E-state index in [0.29, 0.717) is 0 Å². The molecule has 0 radical (unpaired) electrons. The van der Waals surface area contributed by atoms with E-state index < -0.39 is 42.2 Å². The van der Waals surface area contributed by atoms with E-state index in [1.54, 1.807) is 0 Å². The first kappa shape index (κ1) is 16.7. The summed E-state index contributed by atoms with van der Waals surface area (Å²) in [6, 6.07) is 0. The maximum absolute atomic E-state index is 12.2. The average Bonchev–Trinajstić information content (AvgIpc) is 2.08. The van der Waals surface area contributed by atoms with Gasteiger partial charge in [0.2, 0.25) is 0 Å². The number of halogens is 3. The summed E-state index contributed by atoms with van der Waals surface area (Å²) in [6.07, 6.45) is -9.26. The molecule has 2 N–H and O–H groups in total. The Morgan fingerprint density at radius 3 is 1.94 bits per heavy atom. The third-order valence-electron chi connectivity index (χ3n) is 1.84. The van der Waals surface area contributed by atoms with Crippen molar-refractivity contribution in [1.29, 1.82) is 0 Å². The molecule has 0 spiro atoms. The number of aliphatic hydroxyl groups excluding tert-OH is 1. The van der Waals surface area contributed by atoms with E-state index in [1.807, 2.05) is 0 Å². The van der Waals surface area contributed by atoms with Crippen LogP contribution in [0.25, 0.3) is 0 Å². The fourth-order valence-corrected chi connectivity index (χ4v) is 1.12. The van der Waals surface area contributed by atoms with Crippen LogP contribution in [0.2, 0.25) is 0 Å². The first-order chi connectivity index (χ1) is 7.84. The molecule has 0 amide bonds. The number of hydrogen-bond acceptors (Lipinski definition) is 4. The summed E-state index contributed by atoms with van der Waals surface area (Å²) in [5, 5.41) is 17.4. The van der Waals surface area contributed by atoms with Crippen molar-refractivity contribution in [2.45, 2.75) is 45.1 Å². The van der Waals surface area contributed by atoms with Gasteiger partial charge >= 0.3 is 18.1 Å². The topological polar surface area (TPSA) is 83.8 Å². The van der Waals surface area contributed by atoms with Crippen LogP contribution < -0.4 is 0 Å². The standard InChI is InChI=1S/C10H15F3O5/c1-9(2,3)18-6(14)4-5(8(16)17)7(15)10(11,12)13/h5,7,15H,4H2,1-3H3,(H,16,17)/t5-,7-/m0/s1. The molecular weight excluding hydrogens is 257 g/mol. The molecule has 0 aromatic rings. The summed E-state index contributed by atoms with van der Waals surface area (Å²) in [7, 11) is 0. The van der Waals surface area contributed by atoms with Crippen molar-refractivity contribution in [2.75, 3.05) is 0 Å². The van der Waals surface area contributed by atoms with Gasteiger partial charge in [-0.3, -0.25) is 9.59 Å². The molecule has 0 aromatic carbocycles. The molecule has 0 aliphatic heterocycles. The first-order valence-corrected chi connectivity index (χ1v) is 5.04. The number of ether oxygens (including phenoxy) is 1. The van der Waals surface area contributed by atoms with E-state index >= 15 is 0 Å². The maximum atomic E-state index is 12.2. The van der Waals surface area contributed by atoms with Gasteiger partial charge in [0.05, 0.1) is 6.42 Å². The summed E-state index contributed by atoms with van der Waals surface area (Å²) >= 11 is 0. The van der Waals surface area contributed by atoms with Crippen LogP contribution in [0.1, 0.15) is 27.2 Å². The van der Waals surface area contributed by atoms with Crippen LogP contribution in [0.15, 0.2) is 0 Å². The Kier molecular flexibility index (Phi) is 5.15. The molecule has 0 aromatic heterocycles. The van der Waals surface area contributed by atoms with E-state index in [-0.39, 0.29) is 0 Å². The van der Waals surface area contributed by atoms with Gasteiger partial charge in [-0.25, -0.2) is 0 Å². The maximum Gasteiger partial charge on any atom is 0.415 e. The van der Waals surface area contributed by atoms with Gasteiger partial charge in [0.1, 0.15) is 11.5 Å². The van der Waals surface area contributed by atoms with Crippen molar-refractivity contribution in [1.82, 2.24) is 0 Å². The Hall–Kier alpha value is -1.31. The van der Waals surface area contributed by atoms with E-state index in [2.05, 4.69) is 0 Å². The number of carbonyl (C=O) groups excluding carboxylic acids is 1. The zero-order chi connectivity index (χ0) is 14.7. The Morgan fingerprint density at radius 2 is 1.67 bits per heavy atom. The monoisotopic (exact) mass is 272 g/mol. The van der Waals surface area contributed by atoms with Crippen molar-refractivity contribution in [3.63, 3.8) is 0 Å². The molecule has 0 saturated carbocycles.